The Balaban J connectivity index is 1.83. The van der Waals surface area contributed by atoms with E-state index < -0.39 is 0 Å². The summed E-state index contributed by atoms with van der Waals surface area (Å²) in [6.45, 7) is 8.34. The van der Waals surface area contributed by atoms with Crippen LogP contribution in [0.4, 0.5) is 0 Å². The molecule has 19 heavy (non-hydrogen) atoms. The van der Waals surface area contributed by atoms with Crippen LogP contribution in [0.3, 0.4) is 0 Å². The second-order valence-electron chi connectivity index (χ2n) is 4.94. The molecular weight excluding hydrogens is 234 g/mol. The highest BCUT2D eigenvalue weighted by Crippen LogP contribution is 2.13. The number of imidazole rings is 1. The molecule has 0 saturated carbocycles. The average molecular weight is 257 g/mol. The first-order valence-electron chi connectivity index (χ1n) is 7.00. The van der Waals surface area contributed by atoms with Gasteiger partial charge in [0.05, 0.1) is 0 Å². The van der Waals surface area contributed by atoms with E-state index >= 15 is 0 Å². The lowest BCUT2D eigenvalue weighted by Crippen LogP contribution is -2.23. The average Bonchev–Trinajstić information content (AvgIpc) is 2.84. The van der Waals surface area contributed by atoms with Crippen molar-refractivity contribution in [2.24, 2.45) is 0 Å². The summed E-state index contributed by atoms with van der Waals surface area (Å²) < 4.78 is 2.17. The Labute approximate surface area is 115 Å². The number of hydrogen-bond donors (Lipinski definition) is 1. The van der Waals surface area contributed by atoms with E-state index in [1.165, 1.54) is 11.1 Å². The Morgan fingerprint density at radius 2 is 2.00 bits per heavy atom. The molecule has 1 aromatic carbocycles. The van der Waals surface area contributed by atoms with E-state index in [4.69, 9.17) is 0 Å². The van der Waals surface area contributed by atoms with Crippen LogP contribution in [0, 0.1) is 6.92 Å². The monoisotopic (exact) mass is 257 g/mol. The van der Waals surface area contributed by atoms with Gasteiger partial charge in [0.1, 0.15) is 5.82 Å². The quantitative estimate of drug-likeness (QED) is 0.861. The molecule has 3 nitrogen and oxygen atoms in total. The highest BCUT2D eigenvalue weighted by molar-refractivity contribution is 5.24. The summed E-state index contributed by atoms with van der Waals surface area (Å²) >= 11 is 0. The molecule has 1 N–H and O–H groups in total. The predicted octanol–water partition coefficient (Wildman–Crippen LogP) is 3.10. The fourth-order valence-electron chi connectivity index (χ4n) is 2.20. The van der Waals surface area contributed by atoms with Crippen molar-refractivity contribution in [3.8, 4) is 0 Å². The maximum absolute atomic E-state index is 4.23. The Kier molecular flexibility index (Phi) is 4.74. The van der Waals surface area contributed by atoms with Crippen LogP contribution >= 0.6 is 0 Å². The molecule has 0 aliphatic rings. The first kappa shape index (κ1) is 13.8. The molecule has 1 unspecified atom stereocenters. The van der Waals surface area contributed by atoms with Crippen molar-refractivity contribution >= 4 is 0 Å². The van der Waals surface area contributed by atoms with Crippen molar-refractivity contribution in [1.29, 1.82) is 0 Å². The number of nitrogens with one attached hydrogen (secondary N) is 1. The summed E-state index contributed by atoms with van der Waals surface area (Å²) in [6, 6.07) is 9.26. The predicted molar refractivity (Wildman–Crippen MR) is 79.2 cm³/mol. The number of aromatic nitrogens is 2. The summed E-state index contributed by atoms with van der Waals surface area (Å²) in [7, 11) is 0. The van der Waals surface area contributed by atoms with Gasteiger partial charge in [0.2, 0.25) is 0 Å². The molecule has 102 valence electrons. The lowest BCUT2D eigenvalue weighted by atomic mass is 10.1. The third kappa shape index (κ3) is 3.67. The van der Waals surface area contributed by atoms with Gasteiger partial charge in [-0.3, -0.25) is 0 Å². The van der Waals surface area contributed by atoms with E-state index in [9.17, 15) is 0 Å². The molecule has 0 amide bonds. The van der Waals surface area contributed by atoms with Gasteiger partial charge in [0, 0.05) is 31.5 Å². The van der Waals surface area contributed by atoms with E-state index in [0.717, 1.165) is 25.3 Å². The number of hydrogen-bond acceptors (Lipinski definition) is 2. The van der Waals surface area contributed by atoms with Gasteiger partial charge in [-0.25, -0.2) is 4.98 Å². The summed E-state index contributed by atoms with van der Waals surface area (Å²) in [5, 5.41) is 3.55. The van der Waals surface area contributed by atoms with Gasteiger partial charge in [-0.05, 0) is 31.4 Å². The molecule has 0 bridgehead atoms. The number of nitrogens with zero attached hydrogens (tertiary/aromatic N) is 2. The van der Waals surface area contributed by atoms with Crippen molar-refractivity contribution in [3.05, 3.63) is 53.6 Å². The van der Waals surface area contributed by atoms with Crippen molar-refractivity contribution in [1.82, 2.24) is 14.9 Å². The molecule has 2 aromatic rings. The maximum Gasteiger partial charge on any atom is 0.105 e. The number of aryl methyl sites for hydroxylation is 2. The summed E-state index contributed by atoms with van der Waals surface area (Å²) in [5.74, 6) is 1.07. The molecular formula is C16H23N3. The van der Waals surface area contributed by atoms with Crippen LogP contribution < -0.4 is 5.32 Å². The van der Waals surface area contributed by atoms with E-state index in [1.54, 1.807) is 0 Å². The SMILES string of the molecule is CCc1ccc(C(C)NCCn2ccnc2C)cc1. The van der Waals surface area contributed by atoms with Crippen LogP contribution in [0.1, 0.15) is 36.8 Å². The summed E-state index contributed by atoms with van der Waals surface area (Å²) in [4.78, 5) is 4.23. The zero-order valence-electron chi connectivity index (χ0n) is 12.1. The molecule has 0 saturated heterocycles. The minimum atomic E-state index is 0.384. The first-order valence-corrected chi connectivity index (χ1v) is 7.00. The lowest BCUT2D eigenvalue weighted by Gasteiger charge is -2.15. The van der Waals surface area contributed by atoms with Crippen molar-refractivity contribution < 1.29 is 0 Å². The van der Waals surface area contributed by atoms with Crippen LogP contribution in [0.2, 0.25) is 0 Å². The topological polar surface area (TPSA) is 29.9 Å². The van der Waals surface area contributed by atoms with E-state index in [-0.39, 0.29) is 0 Å². The van der Waals surface area contributed by atoms with Crippen molar-refractivity contribution in [2.45, 2.75) is 39.8 Å². The van der Waals surface area contributed by atoms with Crippen LogP contribution in [0.5, 0.6) is 0 Å². The summed E-state index contributed by atoms with van der Waals surface area (Å²) in [5.41, 5.74) is 2.74. The van der Waals surface area contributed by atoms with E-state index in [2.05, 4.69) is 53.0 Å². The molecule has 1 aromatic heterocycles. The highest BCUT2D eigenvalue weighted by Gasteiger charge is 2.04. The van der Waals surface area contributed by atoms with Crippen LogP contribution in [0.25, 0.3) is 0 Å². The lowest BCUT2D eigenvalue weighted by molar-refractivity contribution is 0.526. The smallest absolute Gasteiger partial charge is 0.105 e. The Bertz CT molecular complexity index is 499. The highest BCUT2D eigenvalue weighted by atomic mass is 15.1. The second-order valence-corrected chi connectivity index (χ2v) is 4.94. The second kappa shape index (κ2) is 6.53. The Morgan fingerprint density at radius 1 is 1.26 bits per heavy atom. The largest absolute Gasteiger partial charge is 0.334 e. The normalized spacial score (nSPS) is 12.6. The molecule has 0 radical (unpaired) electrons. The van der Waals surface area contributed by atoms with Gasteiger partial charge in [0.25, 0.3) is 0 Å². The van der Waals surface area contributed by atoms with E-state index in [1.807, 2.05) is 19.3 Å². The maximum atomic E-state index is 4.23. The molecule has 2 rings (SSSR count). The standard InChI is InChI=1S/C16H23N3/c1-4-15-5-7-16(8-6-15)13(2)17-9-11-19-12-10-18-14(19)3/h5-8,10,12-13,17H,4,9,11H2,1-3H3. The van der Waals surface area contributed by atoms with Crippen LogP contribution in [-0.4, -0.2) is 16.1 Å². The Hall–Kier alpha value is -1.61. The van der Waals surface area contributed by atoms with Gasteiger partial charge in [-0.1, -0.05) is 31.2 Å². The molecule has 1 atom stereocenters. The minimum Gasteiger partial charge on any atom is -0.334 e. The fourth-order valence-corrected chi connectivity index (χ4v) is 2.20. The van der Waals surface area contributed by atoms with Crippen molar-refractivity contribution in [2.75, 3.05) is 6.54 Å². The van der Waals surface area contributed by atoms with Crippen molar-refractivity contribution in [3.63, 3.8) is 0 Å². The number of benzene rings is 1. The fraction of sp³-hybridized carbons (Fsp3) is 0.438. The third-order valence-corrected chi connectivity index (χ3v) is 3.61. The van der Waals surface area contributed by atoms with Gasteiger partial charge in [0.15, 0.2) is 0 Å². The molecule has 0 spiro atoms. The molecule has 0 aliphatic heterocycles. The first-order chi connectivity index (χ1) is 9.20. The van der Waals surface area contributed by atoms with Crippen LogP contribution in [0.15, 0.2) is 36.7 Å². The molecule has 0 aliphatic carbocycles. The van der Waals surface area contributed by atoms with Gasteiger partial charge in [-0.2, -0.15) is 0 Å². The minimum absolute atomic E-state index is 0.384. The third-order valence-electron chi connectivity index (χ3n) is 3.61. The van der Waals surface area contributed by atoms with Crippen LogP contribution in [-0.2, 0) is 13.0 Å². The molecule has 3 heteroatoms. The zero-order valence-corrected chi connectivity index (χ0v) is 12.1. The summed E-state index contributed by atoms with van der Waals surface area (Å²) in [6.07, 6.45) is 4.97. The van der Waals surface area contributed by atoms with E-state index in [0.29, 0.717) is 6.04 Å². The molecule has 1 heterocycles. The zero-order chi connectivity index (χ0) is 13.7. The van der Waals surface area contributed by atoms with Gasteiger partial charge < -0.3 is 9.88 Å². The Morgan fingerprint density at radius 3 is 2.58 bits per heavy atom. The molecule has 0 fully saturated rings. The van der Waals surface area contributed by atoms with Gasteiger partial charge in [-0.15, -0.1) is 0 Å². The number of rotatable bonds is 6. The van der Waals surface area contributed by atoms with Gasteiger partial charge >= 0.3 is 0 Å².